The third-order valence-electron chi connectivity index (χ3n) is 5.93. The number of halogens is 2. The molecule has 2 aromatic carbocycles. The number of allylic oxidation sites excluding steroid dienone is 1. The van der Waals surface area contributed by atoms with Crippen LogP contribution in [0.1, 0.15) is 34.0 Å². The Morgan fingerprint density at radius 1 is 1.06 bits per heavy atom. The number of benzene rings is 2. The summed E-state index contributed by atoms with van der Waals surface area (Å²) in [5.74, 6) is 0. The van der Waals surface area contributed by atoms with Crippen molar-refractivity contribution in [2.45, 2.75) is 18.9 Å². The molecule has 1 aliphatic heterocycles. The lowest BCUT2D eigenvalue weighted by atomic mass is 9.85. The van der Waals surface area contributed by atoms with Crippen LogP contribution in [-0.2, 0) is 6.42 Å². The molecule has 0 radical (unpaired) electrons. The summed E-state index contributed by atoms with van der Waals surface area (Å²) < 4.78 is 2.47. The van der Waals surface area contributed by atoms with Crippen molar-refractivity contribution in [3.8, 4) is 0 Å². The first-order valence-electron chi connectivity index (χ1n) is 10.2. The Labute approximate surface area is 202 Å². The summed E-state index contributed by atoms with van der Waals surface area (Å²) in [5.41, 5.74) is 5.45. The summed E-state index contributed by atoms with van der Waals surface area (Å²) in [5, 5.41) is 3.15. The molecule has 3 heterocycles. The van der Waals surface area contributed by atoms with Gasteiger partial charge in [0.05, 0.1) is 16.3 Å². The number of hydrogen-bond donors (Lipinski definition) is 0. The number of rotatable bonds is 2. The summed E-state index contributed by atoms with van der Waals surface area (Å²) >= 11 is 15.5. The average molecular weight is 495 g/mol. The van der Waals surface area contributed by atoms with E-state index in [2.05, 4.69) is 35.7 Å². The number of aromatic nitrogens is 1. The van der Waals surface area contributed by atoms with Crippen LogP contribution in [0, 0.1) is 0 Å². The Bertz CT molecular complexity index is 1580. The van der Waals surface area contributed by atoms with Gasteiger partial charge >= 0.3 is 0 Å². The Hall–Kier alpha value is -2.44. The second-order valence-electron chi connectivity index (χ2n) is 7.79. The summed E-state index contributed by atoms with van der Waals surface area (Å²) in [7, 11) is 0. The van der Waals surface area contributed by atoms with Crippen LogP contribution in [0.3, 0.4) is 0 Å². The zero-order chi connectivity index (χ0) is 21.8. The van der Waals surface area contributed by atoms with E-state index in [0.717, 1.165) is 33.8 Å². The Morgan fingerprint density at radius 3 is 2.75 bits per heavy atom. The van der Waals surface area contributed by atoms with E-state index < -0.39 is 0 Å². The smallest absolute Gasteiger partial charge is 0.271 e. The maximum atomic E-state index is 13.6. The molecule has 7 heteroatoms. The van der Waals surface area contributed by atoms with E-state index in [0.29, 0.717) is 14.6 Å². The fourth-order valence-corrected chi connectivity index (χ4v) is 6.78. The molecule has 0 fully saturated rings. The van der Waals surface area contributed by atoms with E-state index in [4.69, 9.17) is 28.2 Å². The molecule has 1 unspecified atom stereocenters. The molecule has 0 saturated heterocycles. The SMILES string of the molecule is O=c1c(=Cc2ccc(Cl)cc2Cl)sc2n1C(c1cccs1)C1=C(N=2)c2ccccc2CC1. The molecular formula is C25H16Cl2N2OS2. The van der Waals surface area contributed by atoms with E-state index in [-0.39, 0.29) is 11.6 Å². The highest BCUT2D eigenvalue weighted by Crippen LogP contribution is 2.42. The summed E-state index contributed by atoms with van der Waals surface area (Å²) in [6, 6.07) is 17.8. The Kier molecular flexibility index (Phi) is 4.95. The second kappa shape index (κ2) is 7.85. The van der Waals surface area contributed by atoms with Gasteiger partial charge in [0.15, 0.2) is 4.80 Å². The predicted octanol–water partition coefficient (Wildman–Crippen LogP) is 5.69. The van der Waals surface area contributed by atoms with Crippen molar-refractivity contribution in [3.05, 3.63) is 117 Å². The van der Waals surface area contributed by atoms with Gasteiger partial charge in [0.2, 0.25) is 0 Å². The first kappa shape index (κ1) is 20.2. The zero-order valence-corrected chi connectivity index (χ0v) is 19.9. The van der Waals surface area contributed by atoms with Crippen molar-refractivity contribution >= 4 is 57.6 Å². The van der Waals surface area contributed by atoms with Gasteiger partial charge in [-0.2, -0.15) is 0 Å². The maximum absolute atomic E-state index is 13.6. The van der Waals surface area contributed by atoms with Crippen LogP contribution >= 0.6 is 45.9 Å². The minimum absolute atomic E-state index is 0.0384. The number of aryl methyl sites for hydroxylation is 1. The molecule has 1 aliphatic carbocycles. The molecule has 0 saturated carbocycles. The molecule has 3 nitrogen and oxygen atoms in total. The third-order valence-corrected chi connectivity index (χ3v) is 8.40. The van der Waals surface area contributed by atoms with Gasteiger partial charge in [-0.1, -0.05) is 70.9 Å². The topological polar surface area (TPSA) is 34.4 Å². The van der Waals surface area contributed by atoms with Crippen molar-refractivity contribution in [2.24, 2.45) is 4.99 Å². The lowest BCUT2D eigenvalue weighted by Crippen LogP contribution is -2.38. The van der Waals surface area contributed by atoms with Crippen LogP contribution in [0.15, 0.2) is 75.3 Å². The summed E-state index contributed by atoms with van der Waals surface area (Å²) in [4.78, 5) is 20.5. The monoisotopic (exact) mass is 494 g/mol. The minimum Gasteiger partial charge on any atom is -0.271 e. The zero-order valence-electron chi connectivity index (χ0n) is 16.7. The van der Waals surface area contributed by atoms with E-state index in [1.165, 1.54) is 28.0 Å². The van der Waals surface area contributed by atoms with Crippen LogP contribution in [0.5, 0.6) is 0 Å². The molecule has 2 aliphatic rings. The van der Waals surface area contributed by atoms with E-state index in [1.807, 2.05) is 22.8 Å². The highest BCUT2D eigenvalue weighted by Gasteiger charge is 2.32. The normalized spacial score (nSPS) is 17.6. The molecule has 2 aromatic heterocycles. The predicted molar refractivity (Wildman–Crippen MR) is 134 cm³/mol. The van der Waals surface area contributed by atoms with E-state index >= 15 is 0 Å². The van der Waals surface area contributed by atoms with Crippen molar-refractivity contribution in [2.75, 3.05) is 0 Å². The Balaban J connectivity index is 1.62. The molecule has 6 rings (SSSR count). The largest absolute Gasteiger partial charge is 0.271 e. The molecule has 32 heavy (non-hydrogen) atoms. The van der Waals surface area contributed by atoms with E-state index in [9.17, 15) is 4.79 Å². The second-order valence-corrected chi connectivity index (χ2v) is 10.6. The van der Waals surface area contributed by atoms with Crippen LogP contribution in [0.2, 0.25) is 10.0 Å². The van der Waals surface area contributed by atoms with Gasteiger partial charge in [0, 0.05) is 20.5 Å². The van der Waals surface area contributed by atoms with Crippen LogP contribution in [-0.4, -0.2) is 4.57 Å². The van der Waals surface area contributed by atoms with Crippen molar-refractivity contribution in [1.82, 2.24) is 4.57 Å². The molecule has 158 valence electrons. The Morgan fingerprint density at radius 2 is 1.94 bits per heavy atom. The molecule has 0 bridgehead atoms. The third kappa shape index (κ3) is 3.23. The minimum atomic E-state index is -0.127. The van der Waals surface area contributed by atoms with E-state index in [1.54, 1.807) is 23.5 Å². The van der Waals surface area contributed by atoms with Gasteiger partial charge in [0.25, 0.3) is 5.56 Å². The lowest BCUT2D eigenvalue weighted by Gasteiger charge is -2.30. The van der Waals surface area contributed by atoms with Crippen molar-refractivity contribution < 1.29 is 0 Å². The maximum Gasteiger partial charge on any atom is 0.271 e. The van der Waals surface area contributed by atoms with Gasteiger partial charge in [-0.05, 0) is 59.2 Å². The number of nitrogens with zero attached hydrogens (tertiary/aromatic N) is 2. The van der Waals surface area contributed by atoms with Crippen LogP contribution < -0.4 is 14.9 Å². The van der Waals surface area contributed by atoms with Crippen LogP contribution in [0.4, 0.5) is 0 Å². The lowest BCUT2D eigenvalue weighted by molar-refractivity contribution is 0.593. The molecule has 0 N–H and O–H groups in total. The fourth-order valence-electron chi connectivity index (χ4n) is 4.48. The van der Waals surface area contributed by atoms with Gasteiger partial charge in [-0.25, -0.2) is 4.99 Å². The number of hydrogen-bond acceptors (Lipinski definition) is 4. The first-order valence-corrected chi connectivity index (χ1v) is 12.7. The molecule has 1 atom stereocenters. The standard InChI is InChI=1S/C25H16Cl2N2OS2/c26-16-9-7-15(19(27)13-16)12-21-24(30)29-23(20-6-3-11-31-20)18-10-8-14-4-1-2-5-17(14)22(18)28-25(29)32-21/h1-7,9,11-13,23H,8,10H2. The van der Waals surface area contributed by atoms with Crippen molar-refractivity contribution in [3.63, 3.8) is 0 Å². The van der Waals surface area contributed by atoms with Gasteiger partial charge < -0.3 is 0 Å². The van der Waals surface area contributed by atoms with Gasteiger partial charge in [-0.3, -0.25) is 9.36 Å². The highest BCUT2D eigenvalue weighted by molar-refractivity contribution is 7.10. The van der Waals surface area contributed by atoms with Gasteiger partial charge in [-0.15, -0.1) is 11.3 Å². The number of fused-ring (bicyclic) bond motifs is 3. The summed E-state index contributed by atoms with van der Waals surface area (Å²) in [6.07, 6.45) is 3.69. The molecular weight excluding hydrogens is 479 g/mol. The highest BCUT2D eigenvalue weighted by atomic mass is 35.5. The number of thiophene rings is 1. The molecule has 4 aromatic rings. The first-order chi connectivity index (χ1) is 15.6. The molecule has 0 amide bonds. The van der Waals surface area contributed by atoms with Crippen LogP contribution in [0.25, 0.3) is 11.8 Å². The molecule has 0 spiro atoms. The average Bonchev–Trinajstić information content (AvgIpc) is 3.43. The number of thiazole rings is 1. The summed E-state index contributed by atoms with van der Waals surface area (Å²) in [6.45, 7) is 0. The quantitative estimate of drug-likeness (QED) is 0.352. The van der Waals surface area contributed by atoms with Crippen molar-refractivity contribution in [1.29, 1.82) is 0 Å². The fraction of sp³-hybridized carbons (Fsp3) is 0.120. The van der Waals surface area contributed by atoms with Gasteiger partial charge in [0.1, 0.15) is 0 Å².